The Balaban J connectivity index is 2.23. The molecule has 13 heavy (non-hydrogen) atoms. The summed E-state index contributed by atoms with van der Waals surface area (Å²) in [6, 6.07) is 3.76. The van der Waals surface area contributed by atoms with Crippen molar-refractivity contribution < 1.29 is 4.79 Å². The van der Waals surface area contributed by atoms with Crippen molar-refractivity contribution in [1.82, 2.24) is 9.58 Å². The highest BCUT2D eigenvalue weighted by Crippen LogP contribution is 2.05. The first-order valence-corrected chi connectivity index (χ1v) is 4.23. The maximum Gasteiger partial charge on any atom is 0.269 e. The van der Waals surface area contributed by atoms with Crippen LogP contribution in [0.1, 0.15) is 6.42 Å². The Hall–Kier alpha value is -1.58. The monoisotopic (exact) mass is 177 g/mol. The Morgan fingerprint density at radius 2 is 2.08 bits per heavy atom. The summed E-state index contributed by atoms with van der Waals surface area (Å²) in [6.07, 6.45) is 4.38. The predicted molar refractivity (Wildman–Crippen MR) is 49.5 cm³/mol. The van der Waals surface area contributed by atoms with E-state index < -0.39 is 0 Å². The number of aromatic nitrogens is 1. The first-order chi connectivity index (χ1) is 6.27. The van der Waals surface area contributed by atoms with Crippen LogP contribution in [-0.4, -0.2) is 34.8 Å². The average Bonchev–Trinajstić information content (AvgIpc) is 2.71. The van der Waals surface area contributed by atoms with Crippen molar-refractivity contribution in [3.8, 4) is 0 Å². The van der Waals surface area contributed by atoms with Crippen molar-refractivity contribution in [2.45, 2.75) is 6.42 Å². The Bertz CT molecular complexity index is 340. The topological polar surface area (TPSA) is 37.6 Å². The van der Waals surface area contributed by atoms with Crippen molar-refractivity contribution >= 4 is 11.6 Å². The maximum absolute atomic E-state index is 11.4. The van der Waals surface area contributed by atoms with Crippen LogP contribution in [0, 0.1) is 0 Å². The summed E-state index contributed by atoms with van der Waals surface area (Å²) in [7, 11) is 1.79. The summed E-state index contributed by atoms with van der Waals surface area (Å²) in [5.74, 6) is 0.0358. The molecule has 0 saturated carbocycles. The van der Waals surface area contributed by atoms with Gasteiger partial charge in [0.15, 0.2) is 0 Å². The van der Waals surface area contributed by atoms with E-state index in [0.29, 0.717) is 5.71 Å². The second kappa shape index (κ2) is 3.05. The van der Waals surface area contributed by atoms with Gasteiger partial charge in [-0.1, -0.05) is 0 Å². The number of likely N-dealkylation sites (tertiary alicyclic amines) is 1. The fourth-order valence-electron chi connectivity index (χ4n) is 1.33. The quantitative estimate of drug-likeness (QED) is 0.617. The van der Waals surface area contributed by atoms with Crippen LogP contribution in [-0.2, 0) is 4.79 Å². The lowest BCUT2D eigenvalue weighted by molar-refractivity contribution is -0.121. The van der Waals surface area contributed by atoms with Crippen molar-refractivity contribution in [3.63, 3.8) is 0 Å². The minimum absolute atomic E-state index is 0.0358. The van der Waals surface area contributed by atoms with E-state index in [9.17, 15) is 4.79 Å². The fourth-order valence-corrected chi connectivity index (χ4v) is 1.33. The number of rotatable bonds is 1. The van der Waals surface area contributed by atoms with E-state index in [2.05, 4.69) is 5.10 Å². The minimum Gasteiger partial charge on any atom is -0.340 e. The Kier molecular flexibility index (Phi) is 1.88. The van der Waals surface area contributed by atoms with Crippen LogP contribution in [0.3, 0.4) is 0 Å². The average molecular weight is 177 g/mol. The summed E-state index contributed by atoms with van der Waals surface area (Å²) in [6.45, 7) is 0.777. The standard InChI is InChI=1S/C9H11N3O/c1-11-7-4-8(9(11)13)10-12-5-2-3-6-12/h2-3,5-6H,4,7H2,1H3/b10-8-. The van der Waals surface area contributed by atoms with E-state index in [0.717, 1.165) is 13.0 Å². The largest absolute Gasteiger partial charge is 0.340 e. The van der Waals surface area contributed by atoms with Gasteiger partial charge in [-0.15, -0.1) is 0 Å². The third kappa shape index (κ3) is 1.47. The van der Waals surface area contributed by atoms with Gasteiger partial charge in [0.1, 0.15) is 5.71 Å². The smallest absolute Gasteiger partial charge is 0.269 e. The van der Waals surface area contributed by atoms with E-state index in [1.807, 2.05) is 24.5 Å². The summed E-state index contributed by atoms with van der Waals surface area (Å²) < 4.78 is 1.66. The van der Waals surface area contributed by atoms with Crippen LogP contribution in [0.15, 0.2) is 29.6 Å². The molecule has 0 unspecified atom stereocenters. The number of amides is 1. The Labute approximate surface area is 76.5 Å². The molecule has 0 aromatic carbocycles. The highest BCUT2D eigenvalue weighted by molar-refractivity contribution is 6.40. The second-order valence-corrected chi connectivity index (χ2v) is 3.09. The number of hydrogen-bond acceptors (Lipinski definition) is 2. The van der Waals surface area contributed by atoms with Gasteiger partial charge in [0, 0.05) is 32.4 Å². The first-order valence-electron chi connectivity index (χ1n) is 4.23. The van der Waals surface area contributed by atoms with Crippen LogP contribution in [0.25, 0.3) is 0 Å². The zero-order valence-corrected chi connectivity index (χ0v) is 7.47. The van der Waals surface area contributed by atoms with Crippen molar-refractivity contribution in [1.29, 1.82) is 0 Å². The molecule has 0 N–H and O–H groups in total. The van der Waals surface area contributed by atoms with Crippen LogP contribution in [0.4, 0.5) is 0 Å². The van der Waals surface area contributed by atoms with Gasteiger partial charge < -0.3 is 4.90 Å². The molecule has 1 aromatic rings. The lowest BCUT2D eigenvalue weighted by Gasteiger charge is -2.03. The third-order valence-electron chi connectivity index (χ3n) is 2.10. The van der Waals surface area contributed by atoms with Gasteiger partial charge in [-0.05, 0) is 12.1 Å². The SMILES string of the molecule is CN1CC/C(=N/n2cccc2)C1=O. The van der Waals surface area contributed by atoms with E-state index in [1.54, 1.807) is 16.6 Å². The van der Waals surface area contributed by atoms with Gasteiger partial charge in [-0.25, -0.2) is 4.68 Å². The number of hydrogen-bond donors (Lipinski definition) is 0. The van der Waals surface area contributed by atoms with Crippen LogP contribution >= 0.6 is 0 Å². The number of nitrogens with zero attached hydrogens (tertiary/aromatic N) is 3. The molecule has 1 saturated heterocycles. The molecule has 68 valence electrons. The van der Waals surface area contributed by atoms with E-state index in [-0.39, 0.29) is 5.91 Å². The summed E-state index contributed by atoms with van der Waals surface area (Å²) in [4.78, 5) is 13.1. The molecule has 1 aromatic heterocycles. The molecule has 0 aliphatic carbocycles. The zero-order chi connectivity index (χ0) is 9.26. The lowest BCUT2D eigenvalue weighted by atomic mass is 10.3. The molecule has 1 aliphatic rings. The molecular weight excluding hydrogens is 166 g/mol. The lowest BCUT2D eigenvalue weighted by Crippen LogP contribution is -2.22. The molecule has 0 bridgehead atoms. The number of carbonyl (C=O) groups is 1. The van der Waals surface area contributed by atoms with Crippen LogP contribution in [0.2, 0.25) is 0 Å². The van der Waals surface area contributed by atoms with Crippen LogP contribution < -0.4 is 0 Å². The van der Waals surface area contributed by atoms with Gasteiger partial charge in [-0.2, -0.15) is 5.10 Å². The molecular formula is C9H11N3O. The van der Waals surface area contributed by atoms with Crippen molar-refractivity contribution in [2.24, 2.45) is 5.10 Å². The van der Waals surface area contributed by atoms with E-state index >= 15 is 0 Å². The summed E-state index contributed by atoms with van der Waals surface area (Å²) in [5, 5.41) is 4.19. The molecule has 4 nitrogen and oxygen atoms in total. The van der Waals surface area contributed by atoms with Gasteiger partial charge in [0.2, 0.25) is 0 Å². The molecule has 0 spiro atoms. The van der Waals surface area contributed by atoms with E-state index in [1.165, 1.54) is 0 Å². The minimum atomic E-state index is 0.0358. The highest BCUT2D eigenvalue weighted by atomic mass is 16.2. The highest BCUT2D eigenvalue weighted by Gasteiger charge is 2.24. The van der Waals surface area contributed by atoms with Crippen molar-refractivity contribution in [2.75, 3.05) is 13.6 Å². The molecule has 1 amide bonds. The molecule has 0 radical (unpaired) electrons. The normalized spacial score (nSPS) is 20.2. The van der Waals surface area contributed by atoms with Gasteiger partial charge >= 0.3 is 0 Å². The molecule has 2 rings (SSSR count). The predicted octanol–water partition coefficient (Wildman–Crippen LogP) is 0.554. The van der Waals surface area contributed by atoms with Crippen LogP contribution in [0.5, 0.6) is 0 Å². The molecule has 1 fully saturated rings. The van der Waals surface area contributed by atoms with E-state index in [4.69, 9.17) is 0 Å². The number of carbonyl (C=O) groups excluding carboxylic acids is 1. The van der Waals surface area contributed by atoms with Gasteiger partial charge in [0.25, 0.3) is 5.91 Å². The second-order valence-electron chi connectivity index (χ2n) is 3.09. The summed E-state index contributed by atoms with van der Waals surface area (Å²) >= 11 is 0. The Morgan fingerprint density at radius 1 is 1.38 bits per heavy atom. The molecule has 0 atom stereocenters. The Morgan fingerprint density at radius 3 is 2.62 bits per heavy atom. The molecule has 2 heterocycles. The maximum atomic E-state index is 11.4. The summed E-state index contributed by atoms with van der Waals surface area (Å²) in [5.41, 5.74) is 0.638. The van der Waals surface area contributed by atoms with Gasteiger partial charge in [0.05, 0.1) is 0 Å². The first kappa shape index (κ1) is 8.04. The molecule has 1 aliphatic heterocycles. The fraction of sp³-hybridized carbons (Fsp3) is 0.333. The zero-order valence-electron chi connectivity index (χ0n) is 7.47. The third-order valence-corrected chi connectivity index (χ3v) is 2.10. The van der Waals surface area contributed by atoms with Crippen molar-refractivity contribution in [3.05, 3.63) is 24.5 Å². The van der Waals surface area contributed by atoms with Gasteiger partial charge in [-0.3, -0.25) is 4.79 Å². The molecule has 4 heteroatoms.